The zero-order valence-electron chi connectivity index (χ0n) is 31.2. The number of thiazole rings is 1. The second kappa shape index (κ2) is 15.0. The minimum Gasteiger partial charge on any atom is -0.236 e. The Hall–Kier alpha value is -4.71. The number of fused-ring (bicyclic) bond motifs is 1. The van der Waals surface area contributed by atoms with E-state index in [1.165, 1.54) is 86.6 Å². The van der Waals surface area contributed by atoms with Crippen LogP contribution in [-0.4, -0.2) is 4.98 Å². The molecule has 53 heavy (non-hydrogen) atoms. The van der Waals surface area contributed by atoms with Crippen molar-refractivity contribution < 1.29 is 0 Å². The van der Waals surface area contributed by atoms with Crippen LogP contribution in [-0.2, 0) is 0 Å². The van der Waals surface area contributed by atoms with Crippen LogP contribution < -0.4 is 31.8 Å². The van der Waals surface area contributed by atoms with Gasteiger partial charge in [0.15, 0.2) is 0 Å². The molecule has 0 radical (unpaired) electrons. The van der Waals surface area contributed by atoms with Crippen molar-refractivity contribution in [2.75, 3.05) is 0 Å². The summed E-state index contributed by atoms with van der Waals surface area (Å²) in [7, 11) is -1.86. The number of nitrogens with zero attached hydrogens (tertiary/aromatic N) is 1. The first-order valence-electron chi connectivity index (χ1n) is 18.2. The van der Waals surface area contributed by atoms with E-state index in [1.54, 1.807) is 11.3 Å². The number of hydrogen-bond acceptors (Lipinski definition) is 2. The summed E-state index contributed by atoms with van der Waals surface area (Å²) in [5.41, 5.74) is 13.0. The van der Waals surface area contributed by atoms with Crippen molar-refractivity contribution >= 4 is 69.2 Å². The second-order valence-corrected chi connectivity index (χ2v) is 19.3. The molecule has 1 nitrogen and oxygen atoms in total. The van der Waals surface area contributed by atoms with Crippen molar-refractivity contribution in [3.05, 3.63) is 185 Å². The van der Waals surface area contributed by atoms with Gasteiger partial charge in [-0.3, -0.25) is 0 Å². The Morgan fingerprint density at radius 3 is 1.36 bits per heavy atom. The maximum atomic E-state index is 5.18. The van der Waals surface area contributed by atoms with Gasteiger partial charge in [-0.15, -0.1) is 11.3 Å². The van der Waals surface area contributed by atoms with Gasteiger partial charge < -0.3 is 0 Å². The summed E-state index contributed by atoms with van der Waals surface area (Å²) in [5, 5.41) is 9.44. The van der Waals surface area contributed by atoms with Gasteiger partial charge in [-0.25, -0.2) is 4.98 Å². The molecule has 0 saturated heterocycles. The van der Waals surface area contributed by atoms with Crippen LogP contribution in [0.2, 0.25) is 0 Å². The first-order valence-corrected chi connectivity index (χ1v) is 21.7. The summed E-state index contributed by atoms with van der Waals surface area (Å²) in [6.07, 6.45) is 0. The van der Waals surface area contributed by atoms with E-state index >= 15 is 0 Å². The van der Waals surface area contributed by atoms with Crippen LogP contribution in [0.25, 0.3) is 31.9 Å². The molecule has 1 atom stereocenters. The zero-order chi connectivity index (χ0) is 36.6. The number of aromatic nitrogens is 1. The minimum absolute atomic E-state index is 0.894. The Kier molecular flexibility index (Phi) is 9.97. The summed E-state index contributed by atoms with van der Waals surface area (Å²) >= 11 is 1.78. The zero-order valence-corrected chi connectivity index (χ0v) is 33.8. The van der Waals surface area contributed by atoms with Crippen LogP contribution in [0.3, 0.4) is 0 Å². The van der Waals surface area contributed by atoms with Crippen molar-refractivity contribution in [2.24, 2.45) is 0 Å². The van der Waals surface area contributed by atoms with E-state index in [4.69, 9.17) is 4.98 Å². The Bertz CT molecular complexity index is 2470. The molecule has 7 aromatic carbocycles. The lowest BCUT2D eigenvalue weighted by Crippen LogP contribution is -2.30. The monoisotopic (exact) mass is 739 g/mol. The van der Waals surface area contributed by atoms with E-state index in [2.05, 4.69) is 193 Å². The quantitative estimate of drug-likeness (QED) is 0.141. The molecule has 0 bridgehead atoms. The van der Waals surface area contributed by atoms with E-state index in [0.717, 1.165) is 10.5 Å². The lowest BCUT2D eigenvalue weighted by Gasteiger charge is -2.30. The SMILES string of the molecule is Cc1cc(C)c(P(c2ccccc2-c2ccccc2P(c2ccccc2)c2ccccc2-c2nc3ccccc3s2)c2c(C)cc(C)cc2C)c(C)c1. The van der Waals surface area contributed by atoms with E-state index in [1.807, 2.05) is 0 Å². The number of hydrogen-bond donors (Lipinski definition) is 0. The van der Waals surface area contributed by atoms with E-state index in [0.29, 0.717) is 0 Å². The average Bonchev–Trinajstić information content (AvgIpc) is 3.59. The van der Waals surface area contributed by atoms with Gasteiger partial charge in [0.2, 0.25) is 0 Å². The van der Waals surface area contributed by atoms with Crippen molar-refractivity contribution in [2.45, 2.75) is 41.5 Å². The molecule has 8 rings (SSSR count). The van der Waals surface area contributed by atoms with Gasteiger partial charge in [-0.05, 0) is 135 Å². The van der Waals surface area contributed by atoms with Crippen molar-refractivity contribution in [3.8, 4) is 21.7 Å². The third-order valence-electron chi connectivity index (χ3n) is 9.98. The van der Waals surface area contributed by atoms with Gasteiger partial charge in [-0.2, -0.15) is 0 Å². The fraction of sp³-hybridized carbons (Fsp3) is 0.122. The first kappa shape index (κ1) is 35.3. The Balaban J connectivity index is 1.39. The molecule has 0 N–H and O–H groups in total. The normalized spacial score (nSPS) is 12.1. The average molecular weight is 740 g/mol. The molecule has 1 unspecified atom stereocenters. The lowest BCUT2D eigenvalue weighted by molar-refractivity contribution is 1.35. The van der Waals surface area contributed by atoms with Crippen LogP contribution >= 0.6 is 27.2 Å². The Morgan fingerprint density at radius 1 is 0.415 bits per heavy atom. The molecular weight excluding hydrogens is 697 g/mol. The number of rotatable bonds is 8. The summed E-state index contributed by atoms with van der Waals surface area (Å²) in [6, 6.07) is 56.6. The number of para-hydroxylation sites is 1. The highest BCUT2D eigenvalue weighted by molar-refractivity contribution is 7.81. The molecule has 0 aliphatic rings. The van der Waals surface area contributed by atoms with Crippen LogP contribution in [0.1, 0.15) is 33.4 Å². The van der Waals surface area contributed by atoms with Crippen LogP contribution in [0.4, 0.5) is 0 Å². The molecule has 0 saturated carbocycles. The molecule has 0 aliphatic heterocycles. The highest BCUT2D eigenvalue weighted by atomic mass is 32.1. The third-order valence-corrected chi connectivity index (χ3v) is 16.8. The summed E-state index contributed by atoms with van der Waals surface area (Å²) < 4.78 is 1.22. The van der Waals surface area contributed by atoms with Crippen molar-refractivity contribution in [1.82, 2.24) is 4.98 Å². The molecule has 1 aromatic heterocycles. The molecule has 1 heterocycles. The smallest absolute Gasteiger partial charge is 0.125 e. The predicted octanol–water partition coefficient (Wildman–Crippen LogP) is 11.0. The maximum Gasteiger partial charge on any atom is 0.125 e. The Labute approximate surface area is 321 Å². The topological polar surface area (TPSA) is 12.9 Å². The summed E-state index contributed by atoms with van der Waals surface area (Å²) in [4.78, 5) is 5.18. The predicted molar refractivity (Wildman–Crippen MR) is 236 cm³/mol. The standard InChI is InChI=1S/C49H43NP2S/c1-32-28-34(3)47(35(4)29-32)52(48-36(5)30-33(2)31-37(48)6)44-25-15-11-21-40(44)39-20-10-14-24-43(39)51(38-18-8-7-9-19-38)45-26-16-12-22-41(45)49-50-42-23-13-17-27-46(42)53-49/h7-31H,1-6H3. The van der Waals surface area contributed by atoms with Crippen LogP contribution in [0.15, 0.2) is 152 Å². The molecule has 0 amide bonds. The van der Waals surface area contributed by atoms with Gasteiger partial charge in [0, 0.05) is 5.56 Å². The molecular formula is C49H43NP2S. The van der Waals surface area contributed by atoms with E-state index < -0.39 is 15.8 Å². The van der Waals surface area contributed by atoms with Gasteiger partial charge in [0.05, 0.1) is 10.2 Å². The van der Waals surface area contributed by atoms with Crippen LogP contribution in [0.5, 0.6) is 0 Å². The number of benzene rings is 7. The van der Waals surface area contributed by atoms with Gasteiger partial charge >= 0.3 is 0 Å². The first-order chi connectivity index (χ1) is 25.8. The molecule has 0 fully saturated rings. The maximum absolute atomic E-state index is 5.18. The largest absolute Gasteiger partial charge is 0.236 e. The minimum atomic E-state index is -0.964. The van der Waals surface area contributed by atoms with Crippen molar-refractivity contribution in [1.29, 1.82) is 0 Å². The van der Waals surface area contributed by atoms with Gasteiger partial charge in [0.1, 0.15) is 5.01 Å². The third kappa shape index (κ3) is 6.82. The van der Waals surface area contributed by atoms with E-state index in [-0.39, 0.29) is 0 Å². The second-order valence-electron chi connectivity index (χ2n) is 14.0. The van der Waals surface area contributed by atoms with Gasteiger partial charge in [0.25, 0.3) is 0 Å². The summed E-state index contributed by atoms with van der Waals surface area (Å²) in [5.74, 6) is 0. The molecule has 0 aliphatic carbocycles. The summed E-state index contributed by atoms with van der Waals surface area (Å²) in [6.45, 7) is 13.7. The van der Waals surface area contributed by atoms with Crippen molar-refractivity contribution in [3.63, 3.8) is 0 Å². The highest BCUT2D eigenvalue weighted by Gasteiger charge is 2.29. The van der Waals surface area contributed by atoms with E-state index in [9.17, 15) is 0 Å². The number of aryl methyl sites for hydroxylation is 6. The fourth-order valence-corrected chi connectivity index (χ4v) is 14.8. The highest BCUT2D eigenvalue weighted by Crippen LogP contribution is 2.45. The molecule has 4 heteroatoms. The molecule has 0 spiro atoms. The van der Waals surface area contributed by atoms with Gasteiger partial charge in [-0.1, -0.05) is 151 Å². The fourth-order valence-electron chi connectivity index (χ4n) is 8.02. The molecule has 260 valence electrons. The van der Waals surface area contributed by atoms with Crippen LogP contribution in [0, 0.1) is 41.5 Å². The molecule has 8 aromatic rings. The Morgan fingerprint density at radius 2 is 0.830 bits per heavy atom. The lowest BCUT2D eigenvalue weighted by atomic mass is 10.1.